The minimum Gasteiger partial charge on any atom is -0.393 e. The summed E-state index contributed by atoms with van der Waals surface area (Å²) < 4.78 is 1.67. The fraction of sp³-hybridized carbons (Fsp3) is 0.478. The van der Waals surface area contributed by atoms with Crippen LogP contribution >= 0.6 is 0 Å². The van der Waals surface area contributed by atoms with Gasteiger partial charge in [-0.1, -0.05) is 12.1 Å². The van der Waals surface area contributed by atoms with Crippen LogP contribution in [0, 0.1) is 0 Å². The second-order valence-corrected chi connectivity index (χ2v) is 8.60. The highest BCUT2D eigenvalue weighted by Gasteiger charge is 2.24. The van der Waals surface area contributed by atoms with Crippen molar-refractivity contribution in [3.63, 3.8) is 0 Å². The number of hydrogen-bond acceptors (Lipinski definition) is 5. The van der Waals surface area contributed by atoms with Gasteiger partial charge in [0.1, 0.15) is 0 Å². The zero-order valence-corrected chi connectivity index (χ0v) is 17.2. The number of aliphatic hydroxyl groups is 1. The van der Waals surface area contributed by atoms with E-state index in [9.17, 15) is 9.90 Å². The maximum atomic E-state index is 12.9. The number of aromatic amines is 1. The Hall–Kier alpha value is -2.64. The number of H-pyrrole nitrogens is 1. The van der Waals surface area contributed by atoms with Gasteiger partial charge in [0.25, 0.3) is 5.56 Å². The summed E-state index contributed by atoms with van der Waals surface area (Å²) in [6.45, 7) is 4.31. The number of nitrogens with one attached hydrogen (secondary N) is 1. The molecule has 2 aliphatic rings. The zero-order valence-electron chi connectivity index (χ0n) is 17.2. The first-order chi connectivity index (χ1) is 14.7. The molecule has 0 spiro atoms. The maximum Gasteiger partial charge on any atom is 0.269 e. The van der Waals surface area contributed by atoms with Crippen molar-refractivity contribution in [2.45, 2.75) is 44.4 Å². The summed E-state index contributed by atoms with van der Waals surface area (Å²) in [5, 5.41) is 15.5. The highest BCUT2D eigenvalue weighted by atomic mass is 16.3. The zero-order chi connectivity index (χ0) is 20.5. The summed E-state index contributed by atoms with van der Waals surface area (Å²) in [6, 6.07) is 10.3. The normalized spacial score (nSPS) is 21.4. The van der Waals surface area contributed by atoms with Crippen molar-refractivity contribution in [2.24, 2.45) is 0 Å². The molecule has 2 aliphatic heterocycles. The van der Waals surface area contributed by atoms with Crippen LogP contribution in [-0.2, 0) is 6.54 Å². The van der Waals surface area contributed by atoms with Gasteiger partial charge in [0.15, 0.2) is 0 Å². The number of fused-ring (bicyclic) bond motifs is 1. The Morgan fingerprint density at radius 1 is 1.13 bits per heavy atom. The number of anilines is 1. The van der Waals surface area contributed by atoms with Crippen molar-refractivity contribution >= 4 is 16.6 Å². The lowest BCUT2D eigenvalue weighted by Crippen LogP contribution is -2.41. The predicted molar refractivity (Wildman–Crippen MR) is 118 cm³/mol. The van der Waals surface area contributed by atoms with E-state index in [2.05, 4.69) is 44.1 Å². The monoisotopic (exact) mass is 407 g/mol. The van der Waals surface area contributed by atoms with Crippen molar-refractivity contribution < 1.29 is 5.11 Å². The number of aliphatic hydroxyl groups excluding tert-OH is 1. The molecule has 3 aromatic rings. The van der Waals surface area contributed by atoms with E-state index in [4.69, 9.17) is 0 Å². The van der Waals surface area contributed by atoms with E-state index in [0.29, 0.717) is 0 Å². The predicted octanol–water partition coefficient (Wildman–Crippen LogP) is 2.52. The van der Waals surface area contributed by atoms with Crippen LogP contribution in [-0.4, -0.2) is 57.1 Å². The Kier molecular flexibility index (Phi) is 5.31. The first-order valence-electron chi connectivity index (χ1n) is 11.0. The van der Waals surface area contributed by atoms with Gasteiger partial charge in [-0.15, -0.1) is 0 Å². The number of benzene rings is 1. The van der Waals surface area contributed by atoms with E-state index in [0.717, 1.165) is 64.1 Å². The third kappa shape index (κ3) is 3.87. The van der Waals surface area contributed by atoms with Crippen LogP contribution in [0.1, 0.15) is 37.3 Å². The molecule has 1 atom stereocenters. The lowest BCUT2D eigenvalue weighted by molar-refractivity contribution is 0.145. The van der Waals surface area contributed by atoms with E-state index in [1.165, 1.54) is 16.5 Å². The van der Waals surface area contributed by atoms with Gasteiger partial charge in [-0.05, 0) is 49.9 Å². The SMILES string of the molecule is O=c1cc(N2CCC(O)CC2)cnn1C1CCCN(Cc2cccc3[nH]ccc23)C1. The number of piperidine rings is 2. The smallest absolute Gasteiger partial charge is 0.269 e. The van der Waals surface area contributed by atoms with Gasteiger partial charge < -0.3 is 15.0 Å². The van der Waals surface area contributed by atoms with Gasteiger partial charge >= 0.3 is 0 Å². The van der Waals surface area contributed by atoms with Crippen LogP contribution in [0.4, 0.5) is 5.69 Å². The van der Waals surface area contributed by atoms with Crippen LogP contribution in [0.15, 0.2) is 47.5 Å². The van der Waals surface area contributed by atoms with Crippen LogP contribution in [0.2, 0.25) is 0 Å². The lowest BCUT2D eigenvalue weighted by atomic mass is 10.0. The number of nitrogens with zero attached hydrogens (tertiary/aromatic N) is 4. The Bertz CT molecular complexity index is 1070. The average Bonchev–Trinajstić information content (AvgIpc) is 3.24. The molecule has 0 aliphatic carbocycles. The van der Waals surface area contributed by atoms with E-state index in [1.807, 2.05) is 12.4 Å². The van der Waals surface area contributed by atoms with Crippen LogP contribution in [0.5, 0.6) is 0 Å². The Balaban J connectivity index is 1.30. The second kappa shape index (κ2) is 8.24. The molecule has 2 N–H and O–H groups in total. The topological polar surface area (TPSA) is 77.4 Å². The number of hydrogen-bond donors (Lipinski definition) is 2. The van der Waals surface area contributed by atoms with Crippen molar-refractivity contribution in [2.75, 3.05) is 31.1 Å². The molecule has 1 unspecified atom stereocenters. The number of likely N-dealkylation sites (tertiary alicyclic amines) is 1. The summed E-state index contributed by atoms with van der Waals surface area (Å²) in [5.74, 6) is 0. The Labute approximate surface area is 175 Å². The number of aromatic nitrogens is 3. The summed E-state index contributed by atoms with van der Waals surface area (Å²) in [7, 11) is 0. The third-order valence-electron chi connectivity index (χ3n) is 6.55. The van der Waals surface area contributed by atoms with Crippen molar-refractivity contribution in [3.8, 4) is 0 Å². The molecule has 1 aromatic carbocycles. The molecule has 7 nitrogen and oxygen atoms in total. The molecule has 30 heavy (non-hydrogen) atoms. The van der Waals surface area contributed by atoms with Gasteiger partial charge in [-0.3, -0.25) is 9.69 Å². The van der Waals surface area contributed by atoms with Gasteiger partial charge in [0.05, 0.1) is 24.0 Å². The molecule has 7 heteroatoms. The molecule has 5 rings (SSSR count). The first kappa shape index (κ1) is 19.3. The molecular weight excluding hydrogens is 378 g/mol. The number of rotatable bonds is 4. The third-order valence-corrected chi connectivity index (χ3v) is 6.55. The quantitative estimate of drug-likeness (QED) is 0.695. The second-order valence-electron chi connectivity index (χ2n) is 8.60. The molecular formula is C23H29N5O2. The standard InChI is InChI=1S/C23H29N5O2/c29-20-7-11-27(12-8-20)19-13-23(30)28(25-14-19)18-4-2-10-26(16-18)15-17-3-1-5-22-21(17)6-9-24-22/h1,3,5-6,9,13-14,18,20,24,29H,2,4,7-8,10-12,15-16H2. The molecule has 0 saturated carbocycles. The molecule has 0 amide bonds. The summed E-state index contributed by atoms with van der Waals surface area (Å²) in [5.41, 5.74) is 3.32. The van der Waals surface area contributed by atoms with Gasteiger partial charge in [-0.25, -0.2) is 4.68 Å². The van der Waals surface area contributed by atoms with E-state index in [-0.39, 0.29) is 17.7 Å². The molecule has 2 fully saturated rings. The fourth-order valence-electron chi connectivity index (χ4n) is 4.88. The Morgan fingerprint density at radius 2 is 2.00 bits per heavy atom. The van der Waals surface area contributed by atoms with E-state index < -0.39 is 0 Å². The summed E-state index contributed by atoms with van der Waals surface area (Å²) >= 11 is 0. The highest BCUT2D eigenvalue weighted by molar-refractivity contribution is 5.82. The van der Waals surface area contributed by atoms with Gasteiger partial charge in [0.2, 0.25) is 0 Å². The van der Waals surface area contributed by atoms with Crippen molar-refractivity contribution in [3.05, 3.63) is 58.6 Å². The molecule has 0 bridgehead atoms. The highest BCUT2D eigenvalue weighted by Crippen LogP contribution is 2.25. The van der Waals surface area contributed by atoms with E-state index in [1.54, 1.807) is 10.7 Å². The van der Waals surface area contributed by atoms with Crippen molar-refractivity contribution in [1.29, 1.82) is 0 Å². The minimum atomic E-state index is -0.222. The molecule has 2 saturated heterocycles. The minimum absolute atomic E-state index is 0.0294. The van der Waals surface area contributed by atoms with Crippen LogP contribution in [0.3, 0.4) is 0 Å². The van der Waals surface area contributed by atoms with Crippen molar-refractivity contribution in [1.82, 2.24) is 19.7 Å². The van der Waals surface area contributed by atoms with E-state index >= 15 is 0 Å². The molecule has 0 radical (unpaired) electrons. The average molecular weight is 408 g/mol. The maximum absolute atomic E-state index is 12.9. The first-order valence-corrected chi connectivity index (χ1v) is 11.0. The summed E-state index contributed by atoms with van der Waals surface area (Å²) in [4.78, 5) is 20.7. The molecule has 2 aromatic heterocycles. The van der Waals surface area contributed by atoms with Gasteiger partial charge in [0, 0.05) is 49.3 Å². The largest absolute Gasteiger partial charge is 0.393 e. The van der Waals surface area contributed by atoms with Gasteiger partial charge in [-0.2, -0.15) is 5.10 Å². The molecule has 158 valence electrons. The lowest BCUT2D eigenvalue weighted by Gasteiger charge is -2.34. The summed E-state index contributed by atoms with van der Waals surface area (Å²) in [6.07, 6.45) is 7.11. The fourth-order valence-corrected chi connectivity index (χ4v) is 4.88. The van der Waals surface area contributed by atoms with Crippen LogP contribution < -0.4 is 10.5 Å². The van der Waals surface area contributed by atoms with Crippen LogP contribution in [0.25, 0.3) is 10.9 Å². The Morgan fingerprint density at radius 3 is 2.83 bits per heavy atom. The molecule has 4 heterocycles.